The van der Waals surface area contributed by atoms with E-state index in [9.17, 15) is 9.18 Å². The van der Waals surface area contributed by atoms with Gasteiger partial charge in [0.05, 0.1) is 14.2 Å². The molecule has 94 valence electrons. The fourth-order valence-electron chi connectivity index (χ4n) is 1.63. The summed E-state index contributed by atoms with van der Waals surface area (Å²) in [6.07, 6.45) is 1.55. The smallest absolute Gasteiger partial charge is 0.354 e. The molecule has 1 aromatic carbocycles. The third kappa shape index (κ3) is 2.20. The first-order valence-electron chi connectivity index (χ1n) is 5.26. The van der Waals surface area contributed by atoms with Crippen LogP contribution in [0.3, 0.4) is 0 Å². The second-order valence-corrected chi connectivity index (χ2v) is 3.64. The SMILES string of the molecule is COC(=O)c1cc(-c2cc(OC)ccc2F)c[nH]1. The summed E-state index contributed by atoms with van der Waals surface area (Å²) in [4.78, 5) is 14.0. The van der Waals surface area contributed by atoms with Crippen LogP contribution in [-0.2, 0) is 4.74 Å². The van der Waals surface area contributed by atoms with E-state index >= 15 is 0 Å². The highest BCUT2D eigenvalue weighted by Crippen LogP contribution is 2.27. The van der Waals surface area contributed by atoms with Crippen LogP contribution in [0.1, 0.15) is 10.5 Å². The lowest BCUT2D eigenvalue weighted by molar-refractivity contribution is 0.0595. The molecule has 5 heteroatoms. The lowest BCUT2D eigenvalue weighted by Crippen LogP contribution is -2.00. The van der Waals surface area contributed by atoms with E-state index < -0.39 is 5.97 Å². The van der Waals surface area contributed by atoms with Crippen molar-refractivity contribution in [1.29, 1.82) is 0 Å². The molecular formula is C13H12FNO3. The van der Waals surface area contributed by atoms with Crippen molar-refractivity contribution < 1.29 is 18.7 Å². The lowest BCUT2D eigenvalue weighted by atomic mass is 10.1. The Hall–Kier alpha value is -2.30. The van der Waals surface area contributed by atoms with Crippen LogP contribution < -0.4 is 4.74 Å². The topological polar surface area (TPSA) is 51.3 Å². The molecule has 0 radical (unpaired) electrons. The highest BCUT2D eigenvalue weighted by molar-refractivity contribution is 5.89. The van der Waals surface area contributed by atoms with E-state index in [4.69, 9.17) is 4.74 Å². The van der Waals surface area contributed by atoms with Crippen molar-refractivity contribution >= 4 is 5.97 Å². The number of aromatic nitrogens is 1. The maximum absolute atomic E-state index is 13.7. The number of carbonyl (C=O) groups excluding carboxylic acids is 1. The van der Waals surface area contributed by atoms with Gasteiger partial charge in [0.25, 0.3) is 0 Å². The number of halogens is 1. The molecule has 0 fully saturated rings. The number of aromatic amines is 1. The predicted octanol–water partition coefficient (Wildman–Crippen LogP) is 2.62. The number of methoxy groups -OCH3 is 2. The van der Waals surface area contributed by atoms with Gasteiger partial charge in [0.2, 0.25) is 0 Å². The largest absolute Gasteiger partial charge is 0.497 e. The van der Waals surface area contributed by atoms with Gasteiger partial charge in [-0.15, -0.1) is 0 Å². The average Bonchev–Trinajstić information content (AvgIpc) is 2.88. The summed E-state index contributed by atoms with van der Waals surface area (Å²) in [6.45, 7) is 0. The Morgan fingerprint density at radius 2 is 2.06 bits per heavy atom. The van der Waals surface area contributed by atoms with E-state index in [-0.39, 0.29) is 11.5 Å². The molecule has 1 aromatic heterocycles. The van der Waals surface area contributed by atoms with Crippen LogP contribution >= 0.6 is 0 Å². The molecule has 0 spiro atoms. The number of ether oxygens (including phenoxy) is 2. The van der Waals surface area contributed by atoms with Crippen LogP contribution in [0.2, 0.25) is 0 Å². The van der Waals surface area contributed by atoms with Crippen molar-refractivity contribution in [3.8, 4) is 16.9 Å². The summed E-state index contributed by atoms with van der Waals surface area (Å²) < 4.78 is 23.3. The number of hydrogen-bond donors (Lipinski definition) is 1. The van der Waals surface area contributed by atoms with Crippen molar-refractivity contribution in [3.63, 3.8) is 0 Å². The maximum atomic E-state index is 13.7. The third-order valence-electron chi connectivity index (χ3n) is 2.57. The highest BCUT2D eigenvalue weighted by Gasteiger charge is 2.12. The summed E-state index contributed by atoms with van der Waals surface area (Å²) in [7, 11) is 2.79. The third-order valence-corrected chi connectivity index (χ3v) is 2.57. The molecule has 4 nitrogen and oxygen atoms in total. The quantitative estimate of drug-likeness (QED) is 0.851. The second kappa shape index (κ2) is 4.91. The molecule has 0 aliphatic carbocycles. The zero-order valence-electron chi connectivity index (χ0n) is 9.99. The second-order valence-electron chi connectivity index (χ2n) is 3.64. The standard InChI is InChI=1S/C13H12FNO3/c1-17-9-3-4-11(14)10(6-9)8-5-12(15-7-8)13(16)18-2/h3-7,15H,1-2H3. The highest BCUT2D eigenvalue weighted by atomic mass is 19.1. The van der Waals surface area contributed by atoms with E-state index in [0.717, 1.165) is 0 Å². The molecule has 0 atom stereocenters. The van der Waals surface area contributed by atoms with Gasteiger partial charge in [-0.25, -0.2) is 9.18 Å². The Bertz CT molecular complexity index is 577. The molecule has 0 aliphatic rings. The van der Waals surface area contributed by atoms with Gasteiger partial charge >= 0.3 is 5.97 Å². The number of benzene rings is 1. The summed E-state index contributed by atoms with van der Waals surface area (Å²) in [5.41, 5.74) is 1.20. The van der Waals surface area contributed by atoms with Gasteiger partial charge in [0.1, 0.15) is 17.3 Å². The molecule has 2 aromatic rings. The molecule has 0 saturated carbocycles. The van der Waals surface area contributed by atoms with Gasteiger partial charge in [-0.2, -0.15) is 0 Å². The number of carbonyl (C=O) groups is 1. The van der Waals surface area contributed by atoms with Crippen LogP contribution in [0, 0.1) is 5.82 Å². The van der Waals surface area contributed by atoms with Crippen LogP contribution in [0.5, 0.6) is 5.75 Å². The van der Waals surface area contributed by atoms with Gasteiger partial charge in [0.15, 0.2) is 0 Å². The normalized spacial score (nSPS) is 10.2. The zero-order valence-corrected chi connectivity index (χ0v) is 9.99. The van der Waals surface area contributed by atoms with Crippen molar-refractivity contribution in [3.05, 3.63) is 42.0 Å². The monoisotopic (exact) mass is 249 g/mol. The van der Waals surface area contributed by atoms with E-state index in [1.807, 2.05) is 0 Å². The van der Waals surface area contributed by atoms with Crippen LogP contribution in [-0.4, -0.2) is 25.2 Å². The molecule has 1 N–H and O–H groups in total. The van der Waals surface area contributed by atoms with Gasteiger partial charge in [-0.05, 0) is 24.3 Å². The van der Waals surface area contributed by atoms with Crippen LogP contribution in [0.25, 0.3) is 11.1 Å². The summed E-state index contributed by atoms with van der Waals surface area (Å²) in [5, 5.41) is 0. The Morgan fingerprint density at radius 1 is 1.28 bits per heavy atom. The maximum Gasteiger partial charge on any atom is 0.354 e. The zero-order chi connectivity index (χ0) is 13.1. The average molecular weight is 249 g/mol. The van der Waals surface area contributed by atoms with E-state index in [0.29, 0.717) is 16.9 Å². The number of hydrogen-bond acceptors (Lipinski definition) is 3. The van der Waals surface area contributed by atoms with Crippen molar-refractivity contribution in [2.75, 3.05) is 14.2 Å². The first kappa shape index (κ1) is 12.2. The fourth-order valence-corrected chi connectivity index (χ4v) is 1.63. The minimum Gasteiger partial charge on any atom is -0.497 e. The Morgan fingerprint density at radius 3 is 2.72 bits per heavy atom. The van der Waals surface area contributed by atoms with Crippen molar-refractivity contribution in [2.24, 2.45) is 0 Å². The molecule has 0 bridgehead atoms. The molecular weight excluding hydrogens is 237 g/mol. The number of H-pyrrole nitrogens is 1. The Balaban J connectivity index is 2.42. The molecule has 0 saturated heterocycles. The first-order valence-corrected chi connectivity index (χ1v) is 5.26. The lowest BCUT2D eigenvalue weighted by Gasteiger charge is -2.04. The molecule has 0 aliphatic heterocycles. The Labute approximate surface area is 103 Å². The summed E-state index contributed by atoms with van der Waals surface area (Å²) >= 11 is 0. The molecule has 0 unspecified atom stereocenters. The first-order chi connectivity index (χ1) is 8.65. The molecule has 0 amide bonds. The molecule has 2 rings (SSSR count). The predicted molar refractivity (Wildman–Crippen MR) is 64.1 cm³/mol. The number of rotatable bonds is 3. The minimum atomic E-state index is -0.496. The van der Waals surface area contributed by atoms with E-state index in [1.54, 1.807) is 12.3 Å². The molecule has 18 heavy (non-hydrogen) atoms. The van der Waals surface area contributed by atoms with Gasteiger partial charge in [-0.1, -0.05) is 0 Å². The van der Waals surface area contributed by atoms with E-state index in [1.165, 1.54) is 32.4 Å². The van der Waals surface area contributed by atoms with Crippen LogP contribution in [0.4, 0.5) is 4.39 Å². The van der Waals surface area contributed by atoms with Gasteiger partial charge < -0.3 is 14.5 Å². The number of esters is 1. The minimum absolute atomic E-state index is 0.273. The summed E-state index contributed by atoms with van der Waals surface area (Å²) in [5.74, 6) is -0.331. The van der Waals surface area contributed by atoms with Crippen molar-refractivity contribution in [2.45, 2.75) is 0 Å². The van der Waals surface area contributed by atoms with Gasteiger partial charge in [-0.3, -0.25) is 0 Å². The van der Waals surface area contributed by atoms with E-state index in [2.05, 4.69) is 9.72 Å². The van der Waals surface area contributed by atoms with Crippen molar-refractivity contribution in [1.82, 2.24) is 4.98 Å². The van der Waals surface area contributed by atoms with Crippen LogP contribution in [0.15, 0.2) is 30.5 Å². The van der Waals surface area contributed by atoms with Gasteiger partial charge in [0, 0.05) is 17.3 Å². The fraction of sp³-hybridized carbons (Fsp3) is 0.154. The molecule has 1 heterocycles. The summed E-state index contributed by atoms with van der Waals surface area (Å²) in [6, 6.07) is 5.95. The Kier molecular flexibility index (Phi) is 3.32. The number of nitrogens with one attached hydrogen (secondary N) is 1.